The van der Waals surface area contributed by atoms with E-state index in [0.717, 1.165) is 18.5 Å². The summed E-state index contributed by atoms with van der Waals surface area (Å²) < 4.78 is 2.08. The molecule has 1 unspecified atom stereocenters. The number of rotatable bonds is 3. The molecule has 1 atom stereocenters. The average molecular weight is 237 g/mol. The third-order valence-corrected chi connectivity index (χ3v) is 3.15. The van der Waals surface area contributed by atoms with Gasteiger partial charge in [0.1, 0.15) is 0 Å². The van der Waals surface area contributed by atoms with Crippen molar-refractivity contribution in [3.8, 4) is 0 Å². The number of H-pyrrole nitrogens is 1. The minimum atomic E-state index is -0.347. The molecule has 0 radical (unpaired) electrons. The highest BCUT2D eigenvalue weighted by Gasteiger charge is 2.30. The van der Waals surface area contributed by atoms with Crippen molar-refractivity contribution in [1.29, 1.82) is 0 Å². The first-order valence-corrected chi connectivity index (χ1v) is 5.61. The van der Waals surface area contributed by atoms with Crippen LogP contribution in [0.1, 0.15) is 12.8 Å². The van der Waals surface area contributed by atoms with E-state index in [1.54, 1.807) is 4.68 Å². The van der Waals surface area contributed by atoms with Gasteiger partial charge < -0.3 is 10.1 Å². The lowest BCUT2D eigenvalue weighted by Gasteiger charge is -2.08. The van der Waals surface area contributed by atoms with Crippen molar-refractivity contribution in [2.24, 2.45) is 5.92 Å². The highest BCUT2D eigenvalue weighted by Crippen LogP contribution is 2.33. The summed E-state index contributed by atoms with van der Waals surface area (Å²) in [6.07, 6.45) is 3.38. The molecule has 0 saturated heterocycles. The standard InChI is InChI=1S/C9H11N5OS/c15-6(5-1-2-5)3-14-8-7(12-13-14)9(16)11-4-10-8/h4-6,15H,1-3H2,(H,10,11,16). The first kappa shape index (κ1) is 9.86. The Hall–Kier alpha value is -1.34. The summed E-state index contributed by atoms with van der Waals surface area (Å²) >= 11 is 5.04. The second-order valence-corrected chi connectivity index (χ2v) is 4.47. The smallest absolute Gasteiger partial charge is 0.166 e. The number of fused-ring (bicyclic) bond motifs is 1. The largest absolute Gasteiger partial charge is 0.391 e. The van der Waals surface area contributed by atoms with Crippen molar-refractivity contribution in [3.05, 3.63) is 11.0 Å². The Balaban J connectivity index is 1.97. The normalized spacial score (nSPS) is 17.8. The molecule has 2 aromatic rings. The quantitative estimate of drug-likeness (QED) is 0.766. The van der Waals surface area contributed by atoms with Crippen LogP contribution in [0.3, 0.4) is 0 Å². The van der Waals surface area contributed by atoms with Crippen molar-refractivity contribution < 1.29 is 5.11 Å². The Morgan fingerprint density at radius 1 is 1.62 bits per heavy atom. The minimum absolute atomic E-state index is 0.347. The maximum absolute atomic E-state index is 9.85. The van der Waals surface area contributed by atoms with Gasteiger partial charge in [-0.25, -0.2) is 9.67 Å². The topological polar surface area (TPSA) is 79.6 Å². The fourth-order valence-corrected chi connectivity index (χ4v) is 1.94. The Kier molecular flexibility index (Phi) is 2.22. The maximum Gasteiger partial charge on any atom is 0.166 e. The molecule has 0 bridgehead atoms. The Morgan fingerprint density at radius 2 is 2.44 bits per heavy atom. The average Bonchev–Trinajstić information content (AvgIpc) is 3.04. The zero-order valence-electron chi connectivity index (χ0n) is 8.50. The van der Waals surface area contributed by atoms with E-state index in [-0.39, 0.29) is 6.10 Å². The van der Waals surface area contributed by atoms with Crippen LogP contribution in [0.4, 0.5) is 0 Å². The Labute approximate surface area is 96.3 Å². The molecule has 2 heterocycles. The highest BCUT2D eigenvalue weighted by molar-refractivity contribution is 7.71. The van der Waals surface area contributed by atoms with Gasteiger partial charge in [-0.1, -0.05) is 17.4 Å². The van der Waals surface area contributed by atoms with Crippen LogP contribution in [0.15, 0.2) is 6.33 Å². The summed E-state index contributed by atoms with van der Waals surface area (Å²) in [5, 5.41) is 17.8. The van der Waals surface area contributed by atoms with E-state index in [1.807, 2.05) is 0 Å². The molecule has 0 aliphatic heterocycles. The van der Waals surface area contributed by atoms with Crippen molar-refractivity contribution >= 4 is 23.4 Å². The zero-order chi connectivity index (χ0) is 11.1. The van der Waals surface area contributed by atoms with Crippen molar-refractivity contribution in [3.63, 3.8) is 0 Å². The van der Waals surface area contributed by atoms with Crippen LogP contribution in [0.5, 0.6) is 0 Å². The van der Waals surface area contributed by atoms with Gasteiger partial charge in [0.2, 0.25) is 0 Å². The summed E-state index contributed by atoms with van der Waals surface area (Å²) in [6, 6.07) is 0. The molecule has 7 heteroatoms. The zero-order valence-corrected chi connectivity index (χ0v) is 9.31. The van der Waals surface area contributed by atoms with Crippen LogP contribution in [0.2, 0.25) is 0 Å². The van der Waals surface area contributed by atoms with E-state index in [1.165, 1.54) is 6.33 Å². The number of nitrogens with one attached hydrogen (secondary N) is 1. The van der Waals surface area contributed by atoms with Gasteiger partial charge in [-0.2, -0.15) is 0 Å². The lowest BCUT2D eigenvalue weighted by atomic mass is 10.2. The molecule has 16 heavy (non-hydrogen) atoms. The SMILES string of the molecule is OC(Cn1nnc2c(=S)nc[nH]c21)C1CC1. The van der Waals surface area contributed by atoms with Gasteiger partial charge in [0.15, 0.2) is 15.8 Å². The second-order valence-electron chi connectivity index (χ2n) is 4.08. The Bertz CT molecular complexity index is 573. The van der Waals surface area contributed by atoms with Gasteiger partial charge in [-0.3, -0.25) is 0 Å². The minimum Gasteiger partial charge on any atom is -0.391 e. The second kappa shape index (κ2) is 3.60. The third kappa shape index (κ3) is 1.61. The lowest BCUT2D eigenvalue weighted by molar-refractivity contribution is 0.127. The first-order chi connectivity index (χ1) is 7.75. The van der Waals surface area contributed by atoms with Gasteiger partial charge in [-0.05, 0) is 18.8 Å². The first-order valence-electron chi connectivity index (χ1n) is 5.20. The van der Waals surface area contributed by atoms with Crippen LogP contribution >= 0.6 is 12.2 Å². The van der Waals surface area contributed by atoms with Crippen molar-refractivity contribution in [2.75, 3.05) is 0 Å². The fraction of sp³-hybridized carbons (Fsp3) is 0.556. The van der Waals surface area contributed by atoms with E-state index in [4.69, 9.17) is 12.2 Å². The number of hydrogen-bond donors (Lipinski definition) is 2. The third-order valence-electron chi connectivity index (χ3n) is 2.85. The summed E-state index contributed by atoms with van der Waals surface area (Å²) in [7, 11) is 0. The number of hydrogen-bond acceptors (Lipinski definition) is 5. The molecule has 2 aromatic heterocycles. The molecule has 0 amide bonds. The van der Waals surface area contributed by atoms with E-state index >= 15 is 0 Å². The number of aliphatic hydroxyl groups is 1. The molecule has 6 nitrogen and oxygen atoms in total. The predicted octanol–water partition coefficient (Wildman–Crippen LogP) is 0.655. The van der Waals surface area contributed by atoms with Gasteiger partial charge in [-0.15, -0.1) is 5.10 Å². The predicted molar refractivity (Wildman–Crippen MR) is 59.2 cm³/mol. The van der Waals surface area contributed by atoms with E-state index in [9.17, 15) is 5.11 Å². The maximum atomic E-state index is 9.85. The number of aromatic nitrogens is 5. The molecule has 1 aliphatic carbocycles. The molecular weight excluding hydrogens is 226 g/mol. The lowest BCUT2D eigenvalue weighted by Crippen LogP contribution is -2.19. The van der Waals surface area contributed by atoms with Crippen molar-refractivity contribution in [1.82, 2.24) is 25.0 Å². The van der Waals surface area contributed by atoms with Gasteiger partial charge >= 0.3 is 0 Å². The molecule has 1 saturated carbocycles. The van der Waals surface area contributed by atoms with E-state index in [2.05, 4.69) is 20.3 Å². The van der Waals surface area contributed by atoms with Gasteiger partial charge in [0.25, 0.3) is 0 Å². The number of nitrogens with zero attached hydrogens (tertiary/aromatic N) is 4. The molecule has 0 aromatic carbocycles. The summed E-state index contributed by atoms with van der Waals surface area (Å²) in [5.74, 6) is 0.420. The summed E-state index contributed by atoms with van der Waals surface area (Å²) in [5.41, 5.74) is 1.31. The van der Waals surface area contributed by atoms with Crippen LogP contribution in [-0.4, -0.2) is 36.2 Å². The number of aromatic amines is 1. The Morgan fingerprint density at radius 3 is 3.19 bits per heavy atom. The van der Waals surface area contributed by atoms with E-state index < -0.39 is 0 Å². The van der Waals surface area contributed by atoms with Gasteiger partial charge in [0.05, 0.1) is 19.0 Å². The molecule has 1 fully saturated rings. The highest BCUT2D eigenvalue weighted by atomic mass is 32.1. The van der Waals surface area contributed by atoms with Crippen LogP contribution in [-0.2, 0) is 6.54 Å². The molecule has 2 N–H and O–H groups in total. The summed E-state index contributed by atoms with van der Waals surface area (Å²) in [6.45, 7) is 0.455. The van der Waals surface area contributed by atoms with Crippen LogP contribution < -0.4 is 0 Å². The van der Waals surface area contributed by atoms with E-state index in [0.29, 0.717) is 22.6 Å². The van der Waals surface area contributed by atoms with Gasteiger partial charge in [0, 0.05) is 0 Å². The molecular formula is C9H11N5OS. The van der Waals surface area contributed by atoms with Crippen molar-refractivity contribution in [2.45, 2.75) is 25.5 Å². The van der Waals surface area contributed by atoms with Crippen LogP contribution in [0, 0.1) is 10.6 Å². The monoisotopic (exact) mass is 237 g/mol. The number of aliphatic hydroxyl groups excluding tert-OH is 1. The van der Waals surface area contributed by atoms with Crippen LogP contribution in [0.25, 0.3) is 11.2 Å². The summed E-state index contributed by atoms with van der Waals surface area (Å²) in [4.78, 5) is 6.88. The fourth-order valence-electron chi connectivity index (χ4n) is 1.75. The molecule has 3 rings (SSSR count). The molecule has 84 valence electrons. The molecule has 1 aliphatic rings. The molecule has 0 spiro atoms.